The summed E-state index contributed by atoms with van der Waals surface area (Å²) in [7, 11) is 0. The van der Waals surface area contributed by atoms with Gasteiger partial charge >= 0.3 is 0 Å². The van der Waals surface area contributed by atoms with Gasteiger partial charge < -0.3 is 5.32 Å². The third kappa shape index (κ3) is 3.25. The second kappa shape index (κ2) is 6.17. The first-order valence-corrected chi connectivity index (χ1v) is 7.59. The third-order valence-corrected chi connectivity index (χ3v) is 4.10. The molecule has 20 heavy (non-hydrogen) atoms. The molecule has 0 unspecified atom stereocenters. The topological polar surface area (TPSA) is 66.5 Å². The quantitative estimate of drug-likeness (QED) is 0.833. The van der Waals surface area contributed by atoms with Crippen LogP contribution in [-0.2, 0) is 20.8 Å². The van der Waals surface area contributed by atoms with Gasteiger partial charge in [0, 0.05) is 18.9 Å². The summed E-state index contributed by atoms with van der Waals surface area (Å²) in [4.78, 5) is 36.4. The van der Waals surface area contributed by atoms with Gasteiger partial charge in [0.15, 0.2) is 0 Å². The van der Waals surface area contributed by atoms with Crippen molar-refractivity contribution in [1.82, 2.24) is 10.2 Å². The minimum atomic E-state index is -0.734. The van der Waals surface area contributed by atoms with Gasteiger partial charge in [0.1, 0.15) is 6.04 Å². The maximum Gasteiger partial charge on any atom is 0.243 e. The Kier molecular flexibility index (Phi) is 4.54. The third-order valence-electron chi connectivity index (χ3n) is 3.37. The number of likely N-dealkylation sites (tertiary alicyclic amines) is 1. The molecule has 1 aromatic rings. The van der Waals surface area contributed by atoms with E-state index in [1.165, 1.54) is 5.56 Å². The number of thiophene rings is 1. The van der Waals surface area contributed by atoms with E-state index >= 15 is 0 Å². The Morgan fingerprint density at radius 1 is 1.35 bits per heavy atom. The van der Waals surface area contributed by atoms with Crippen LogP contribution in [0.4, 0.5) is 0 Å². The van der Waals surface area contributed by atoms with Crippen LogP contribution in [0.2, 0.25) is 0 Å². The largest absolute Gasteiger partial charge is 0.352 e. The van der Waals surface area contributed by atoms with Gasteiger partial charge in [0.05, 0.1) is 0 Å². The van der Waals surface area contributed by atoms with Crippen LogP contribution >= 0.6 is 11.3 Å². The minimum Gasteiger partial charge on any atom is -0.352 e. The Hall–Kier alpha value is -1.69. The second-order valence-corrected chi connectivity index (χ2v) is 5.86. The van der Waals surface area contributed by atoms with E-state index in [4.69, 9.17) is 0 Å². The van der Waals surface area contributed by atoms with Crippen LogP contribution < -0.4 is 5.32 Å². The van der Waals surface area contributed by atoms with Crippen molar-refractivity contribution in [3.05, 3.63) is 22.4 Å². The summed E-state index contributed by atoms with van der Waals surface area (Å²) in [5, 5.41) is 6.89. The maximum absolute atomic E-state index is 12.1. The Balaban J connectivity index is 1.90. The van der Waals surface area contributed by atoms with Crippen molar-refractivity contribution in [3.8, 4) is 0 Å². The van der Waals surface area contributed by atoms with Gasteiger partial charge in [-0.1, -0.05) is 0 Å². The van der Waals surface area contributed by atoms with Crippen molar-refractivity contribution in [2.75, 3.05) is 0 Å². The second-order valence-electron chi connectivity index (χ2n) is 5.08. The van der Waals surface area contributed by atoms with Crippen LogP contribution in [0.15, 0.2) is 16.8 Å². The minimum absolute atomic E-state index is 0.0349. The van der Waals surface area contributed by atoms with E-state index in [0.29, 0.717) is 0 Å². The molecule has 1 fully saturated rings. The lowest BCUT2D eigenvalue weighted by Gasteiger charge is -2.23. The number of carbonyl (C=O) groups excluding carboxylic acids is 3. The van der Waals surface area contributed by atoms with Crippen LogP contribution in [0.25, 0.3) is 0 Å². The molecule has 2 rings (SSSR count). The SMILES string of the molecule is C[C@@H](Cc1ccsc1)NC(=O)[C@H](C)N1C(=O)CCC1=O. The highest BCUT2D eigenvalue weighted by Crippen LogP contribution is 2.15. The monoisotopic (exact) mass is 294 g/mol. The average Bonchev–Trinajstić information content (AvgIpc) is 2.99. The van der Waals surface area contributed by atoms with Gasteiger partial charge in [-0.3, -0.25) is 19.3 Å². The molecular formula is C14H18N2O3S. The summed E-state index contributed by atoms with van der Waals surface area (Å²) >= 11 is 1.62. The molecule has 0 saturated carbocycles. The predicted molar refractivity (Wildman–Crippen MR) is 76.2 cm³/mol. The first-order valence-electron chi connectivity index (χ1n) is 6.65. The highest BCUT2D eigenvalue weighted by Gasteiger charge is 2.36. The van der Waals surface area contributed by atoms with Crippen molar-refractivity contribution in [1.29, 1.82) is 0 Å². The summed E-state index contributed by atoms with van der Waals surface area (Å²) in [6.07, 6.45) is 1.16. The molecule has 108 valence electrons. The molecule has 0 aliphatic carbocycles. The summed E-state index contributed by atoms with van der Waals surface area (Å²) in [5.74, 6) is -0.803. The zero-order valence-corrected chi connectivity index (χ0v) is 12.4. The molecular weight excluding hydrogens is 276 g/mol. The summed E-state index contributed by atoms with van der Waals surface area (Å²) in [6.45, 7) is 3.50. The number of amides is 3. The molecule has 0 bridgehead atoms. The van der Waals surface area contributed by atoms with Crippen molar-refractivity contribution in [3.63, 3.8) is 0 Å². The lowest BCUT2D eigenvalue weighted by molar-refractivity contribution is -0.146. The molecule has 1 N–H and O–H groups in total. The van der Waals surface area contributed by atoms with Crippen molar-refractivity contribution in [2.24, 2.45) is 0 Å². The van der Waals surface area contributed by atoms with E-state index < -0.39 is 6.04 Å². The van der Waals surface area contributed by atoms with E-state index in [9.17, 15) is 14.4 Å². The van der Waals surface area contributed by atoms with Crippen molar-refractivity contribution >= 4 is 29.1 Å². The molecule has 0 radical (unpaired) electrons. The Morgan fingerprint density at radius 3 is 2.55 bits per heavy atom. The van der Waals surface area contributed by atoms with E-state index in [1.807, 2.05) is 23.8 Å². The molecule has 3 amide bonds. The fourth-order valence-corrected chi connectivity index (χ4v) is 3.00. The Bertz CT molecular complexity index is 496. The van der Waals surface area contributed by atoms with Crippen molar-refractivity contribution < 1.29 is 14.4 Å². The first-order chi connectivity index (χ1) is 9.49. The zero-order valence-electron chi connectivity index (χ0n) is 11.6. The van der Waals surface area contributed by atoms with Gasteiger partial charge in [-0.25, -0.2) is 0 Å². The fraction of sp³-hybridized carbons (Fsp3) is 0.500. The van der Waals surface area contributed by atoms with E-state index in [0.717, 1.165) is 11.3 Å². The predicted octanol–water partition coefficient (Wildman–Crippen LogP) is 1.33. The van der Waals surface area contributed by atoms with Crippen LogP contribution in [-0.4, -0.2) is 34.7 Å². The van der Waals surface area contributed by atoms with Crippen LogP contribution in [0.3, 0.4) is 0 Å². The van der Waals surface area contributed by atoms with Crippen LogP contribution in [0, 0.1) is 0 Å². The van der Waals surface area contributed by atoms with Gasteiger partial charge in [-0.15, -0.1) is 0 Å². The summed E-state index contributed by atoms with van der Waals surface area (Å²) < 4.78 is 0. The van der Waals surface area contributed by atoms with Gasteiger partial charge in [0.25, 0.3) is 0 Å². The van der Waals surface area contributed by atoms with Crippen molar-refractivity contribution in [2.45, 2.75) is 45.2 Å². The van der Waals surface area contributed by atoms with Gasteiger partial charge in [0.2, 0.25) is 17.7 Å². The fourth-order valence-electron chi connectivity index (χ4n) is 2.32. The van der Waals surface area contributed by atoms with Gasteiger partial charge in [-0.05, 0) is 42.7 Å². The number of nitrogens with zero attached hydrogens (tertiary/aromatic N) is 1. The van der Waals surface area contributed by atoms with Gasteiger partial charge in [-0.2, -0.15) is 11.3 Å². The lowest BCUT2D eigenvalue weighted by Crippen LogP contribution is -2.49. The molecule has 2 heterocycles. The highest BCUT2D eigenvalue weighted by molar-refractivity contribution is 7.07. The summed E-state index contributed by atoms with van der Waals surface area (Å²) in [5.41, 5.74) is 1.17. The molecule has 6 heteroatoms. The number of hydrogen-bond acceptors (Lipinski definition) is 4. The molecule has 0 aromatic carbocycles. The normalized spacial score (nSPS) is 18.2. The van der Waals surface area contributed by atoms with E-state index in [2.05, 4.69) is 5.32 Å². The highest BCUT2D eigenvalue weighted by atomic mass is 32.1. The summed E-state index contributed by atoms with van der Waals surface area (Å²) in [6, 6.07) is 1.25. The van der Waals surface area contributed by atoms with Crippen LogP contribution in [0.1, 0.15) is 32.3 Å². The number of carbonyl (C=O) groups is 3. The molecule has 1 saturated heterocycles. The number of rotatable bonds is 5. The number of hydrogen-bond donors (Lipinski definition) is 1. The van der Waals surface area contributed by atoms with Crippen LogP contribution in [0.5, 0.6) is 0 Å². The molecule has 0 spiro atoms. The first kappa shape index (κ1) is 14.7. The molecule has 1 aliphatic rings. The molecule has 2 atom stereocenters. The molecule has 1 aliphatic heterocycles. The maximum atomic E-state index is 12.1. The molecule has 1 aromatic heterocycles. The van der Waals surface area contributed by atoms with E-state index in [-0.39, 0.29) is 36.6 Å². The smallest absolute Gasteiger partial charge is 0.243 e. The number of nitrogens with one attached hydrogen (secondary N) is 1. The molecule has 5 nitrogen and oxygen atoms in total. The Labute approximate surface area is 122 Å². The van der Waals surface area contributed by atoms with E-state index in [1.54, 1.807) is 18.3 Å². The average molecular weight is 294 g/mol. The standard InChI is InChI=1S/C14H18N2O3S/c1-9(7-11-5-6-20-8-11)15-14(19)10(2)16-12(17)3-4-13(16)18/h5-6,8-10H,3-4,7H2,1-2H3,(H,15,19)/t9-,10-/m0/s1. The number of imide groups is 1. The zero-order chi connectivity index (χ0) is 14.7. The Morgan fingerprint density at radius 2 is 2.00 bits per heavy atom. The lowest BCUT2D eigenvalue weighted by atomic mass is 10.1.